The van der Waals surface area contributed by atoms with E-state index in [1.165, 1.54) is 12.1 Å². The van der Waals surface area contributed by atoms with Gasteiger partial charge in [-0.3, -0.25) is 14.9 Å². The van der Waals surface area contributed by atoms with E-state index < -0.39 is 10.8 Å². The molecule has 2 heterocycles. The fourth-order valence-corrected chi connectivity index (χ4v) is 3.44. The fraction of sp³-hybridized carbons (Fsp3) is 0. The molecule has 156 valence electrons. The molecule has 0 aliphatic rings. The molecule has 8 nitrogen and oxygen atoms in total. The Hall–Kier alpha value is -4.72. The Morgan fingerprint density at radius 1 is 0.938 bits per heavy atom. The standard InChI is InChI=1S/C24H16N4O4/c29-24(22-14-13-21(32-22)17-5-1-4-8-20(17)28(30)31)25-16-11-9-15(10-12-16)23-26-18-6-2-3-7-19(18)27-23/h1-14H,(H,25,29)(H,26,27). The highest BCUT2D eigenvalue weighted by Crippen LogP contribution is 2.31. The molecule has 0 spiro atoms. The van der Waals surface area contributed by atoms with E-state index in [0.717, 1.165) is 22.4 Å². The average Bonchev–Trinajstić information content (AvgIpc) is 3.47. The van der Waals surface area contributed by atoms with Crippen molar-refractivity contribution in [1.82, 2.24) is 9.97 Å². The van der Waals surface area contributed by atoms with Crippen molar-refractivity contribution in [2.24, 2.45) is 0 Å². The van der Waals surface area contributed by atoms with Gasteiger partial charge in [-0.1, -0.05) is 24.3 Å². The van der Waals surface area contributed by atoms with Crippen molar-refractivity contribution in [1.29, 1.82) is 0 Å². The molecule has 0 bridgehead atoms. The van der Waals surface area contributed by atoms with E-state index in [2.05, 4.69) is 15.3 Å². The smallest absolute Gasteiger partial charge is 0.291 e. The summed E-state index contributed by atoms with van der Waals surface area (Å²) in [5.41, 5.74) is 3.52. The molecule has 0 radical (unpaired) electrons. The maximum atomic E-state index is 12.6. The molecule has 32 heavy (non-hydrogen) atoms. The topological polar surface area (TPSA) is 114 Å². The zero-order valence-electron chi connectivity index (χ0n) is 16.6. The molecule has 5 rings (SSSR count). The van der Waals surface area contributed by atoms with Crippen LogP contribution in [-0.2, 0) is 0 Å². The second kappa shape index (κ2) is 7.84. The summed E-state index contributed by atoms with van der Waals surface area (Å²) in [5, 5.41) is 14.0. The number of aromatic amines is 1. The molecule has 2 N–H and O–H groups in total. The predicted octanol–water partition coefficient (Wildman–Crippen LogP) is 5.65. The van der Waals surface area contributed by atoms with Gasteiger partial charge in [-0.25, -0.2) is 4.98 Å². The van der Waals surface area contributed by atoms with Crippen LogP contribution in [0.25, 0.3) is 33.7 Å². The van der Waals surface area contributed by atoms with Crippen LogP contribution in [0.3, 0.4) is 0 Å². The van der Waals surface area contributed by atoms with E-state index in [1.54, 1.807) is 36.4 Å². The number of nitrogens with one attached hydrogen (secondary N) is 2. The molecule has 0 unspecified atom stereocenters. The van der Waals surface area contributed by atoms with Gasteiger partial charge in [-0.15, -0.1) is 0 Å². The summed E-state index contributed by atoms with van der Waals surface area (Å²) in [6, 6.07) is 24.3. The first kappa shape index (κ1) is 19.3. The van der Waals surface area contributed by atoms with Crippen molar-refractivity contribution in [2.45, 2.75) is 0 Å². The van der Waals surface area contributed by atoms with Gasteiger partial charge in [0, 0.05) is 17.3 Å². The van der Waals surface area contributed by atoms with Crippen molar-refractivity contribution >= 4 is 28.3 Å². The van der Waals surface area contributed by atoms with Gasteiger partial charge in [0.1, 0.15) is 11.6 Å². The van der Waals surface area contributed by atoms with Crippen LogP contribution < -0.4 is 5.32 Å². The number of hydrogen-bond donors (Lipinski definition) is 2. The Kier molecular flexibility index (Phi) is 4.72. The fourth-order valence-electron chi connectivity index (χ4n) is 3.44. The number of rotatable bonds is 5. The molecule has 0 atom stereocenters. The third-order valence-corrected chi connectivity index (χ3v) is 5.00. The normalized spacial score (nSPS) is 10.9. The number of H-pyrrole nitrogens is 1. The van der Waals surface area contributed by atoms with Crippen LogP contribution in [0.4, 0.5) is 11.4 Å². The molecule has 2 aromatic heterocycles. The highest BCUT2D eigenvalue weighted by molar-refractivity contribution is 6.02. The predicted molar refractivity (Wildman–Crippen MR) is 120 cm³/mol. The molecule has 0 saturated carbocycles. The average molecular weight is 424 g/mol. The lowest BCUT2D eigenvalue weighted by molar-refractivity contribution is -0.384. The lowest BCUT2D eigenvalue weighted by Gasteiger charge is -2.04. The van der Waals surface area contributed by atoms with E-state index in [4.69, 9.17) is 4.42 Å². The summed E-state index contributed by atoms with van der Waals surface area (Å²) < 4.78 is 5.59. The van der Waals surface area contributed by atoms with Crippen molar-refractivity contribution in [3.05, 3.63) is 101 Å². The number of aromatic nitrogens is 2. The van der Waals surface area contributed by atoms with E-state index in [-0.39, 0.29) is 17.2 Å². The highest BCUT2D eigenvalue weighted by atomic mass is 16.6. The third-order valence-electron chi connectivity index (χ3n) is 5.00. The van der Waals surface area contributed by atoms with E-state index in [1.807, 2.05) is 36.4 Å². The Bertz CT molecular complexity index is 1420. The van der Waals surface area contributed by atoms with E-state index in [0.29, 0.717) is 11.3 Å². The van der Waals surface area contributed by atoms with E-state index in [9.17, 15) is 14.9 Å². The van der Waals surface area contributed by atoms with Gasteiger partial charge in [0.15, 0.2) is 5.76 Å². The Morgan fingerprint density at radius 2 is 1.69 bits per heavy atom. The maximum absolute atomic E-state index is 12.6. The number of nitro benzene ring substituents is 1. The van der Waals surface area contributed by atoms with E-state index >= 15 is 0 Å². The first-order valence-corrected chi connectivity index (χ1v) is 9.79. The van der Waals surface area contributed by atoms with Gasteiger partial charge >= 0.3 is 0 Å². The molecule has 0 aliphatic carbocycles. The summed E-state index contributed by atoms with van der Waals surface area (Å²) in [6.07, 6.45) is 0. The number of carbonyl (C=O) groups is 1. The number of benzene rings is 3. The molecule has 3 aromatic carbocycles. The molecular formula is C24H16N4O4. The number of amides is 1. The quantitative estimate of drug-likeness (QED) is 0.279. The lowest BCUT2D eigenvalue weighted by Crippen LogP contribution is -2.10. The second-order valence-electron chi connectivity index (χ2n) is 7.07. The summed E-state index contributed by atoms with van der Waals surface area (Å²) in [5.74, 6) is 0.595. The lowest BCUT2D eigenvalue weighted by atomic mass is 10.1. The summed E-state index contributed by atoms with van der Waals surface area (Å²) in [4.78, 5) is 31.2. The third kappa shape index (κ3) is 3.61. The largest absolute Gasteiger partial charge is 0.451 e. The minimum absolute atomic E-state index is 0.0551. The van der Waals surface area contributed by atoms with Gasteiger partial charge in [0.25, 0.3) is 11.6 Å². The molecule has 8 heteroatoms. The summed E-state index contributed by atoms with van der Waals surface area (Å²) >= 11 is 0. The first-order valence-electron chi connectivity index (χ1n) is 9.79. The Balaban J connectivity index is 1.33. The van der Waals surface area contributed by atoms with Gasteiger partial charge in [-0.05, 0) is 54.6 Å². The number of hydrogen-bond acceptors (Lipinski definition) is 5. The Morgan fingerprint density at radius 3 is 2.47 bits per heavy atom. The monoisotopic (exact) mass is 424 g/mol. The number of fused-ring (bicyclic) bond motifs is 1. The van der Waals surface area contributed by atoms with Gasteiger partial charge < -0.3 is 14.7 Å². The summed E-state index contributed by atoms with van der Waals surface area (Å²) in [6.45, 7) is 0. The first-order chi connectivity index (χ1) is 15.6. The van der Waals surface area contributed by atoms with Gasteiger partial charge in [0.2, 0.25) is 0 Å². The van der Waals surface area contributed by atoms with Crippen molar-refractivity contribution < 1.29 is 14.1 Å². The zero-order chi connectivity index (χ0) is 22.1. The number of carbonyl (C=O) groups excluding carboxylic acids is 1. The number of nitro groups is 1. The van der Waals surface area contributed by atoms with Crippen LogP contribution in [0.2, 0.25) is 0 Å². The molecule has 0 saturated heterocycles. The van der Waals surface area contributed by atoms with Crippen LogP contribution in [0.5, 0.6) is 0 Å². The van der Waals surface area contributed by atoms with Crippen LogP contribution in [-0.4, -0.2) is 20.8 Å². The number of nitrogens with zero attached hydrogens (tertiary/aromatic N) is 2. The zero-order valence-corrected chi connectivity index (χ0v) is 16.6. The van der Waals surface area contributed by atoms with Gasteiger partial charge in [0.05, 0.1) is 21.5 Å². The van der Waals surface area contributed by atoms with Crippen LogP contribution in [0.1, 0.15) is 10.6 Å². The Labute approximate surface area is 181 Å². The van der Waals surface area contributed by atoms with Crippen LogP contribution in [0, 0.1) is 10.1 Å². The number of imidazole rings is 1. The molecule has 0 aliphatic heterocycles. The number of furan rings is 1. The molecule has 0 fully saturated rings. The SMILES string of the molecule is O=C(Nc1ccc(-c2nc3ccccc3[nH]2)cc1)c1ccc(-c2ccccc2[N+](=O)[O-])o1. The van der Waals surface area contributed by atoms with Crippen molar-refractivity contribution in [3.63, 3.8) is 0 Å². The van der Waals surface area contributed by atoms with Crippen molar-refractivity contribution in [2.75, 3.05) is 5.32 Å². The minimum Gasteiger partial charge on any atom is -0.451 e. The van der Waals surface area contributed by atoms with Crippen LogP contribution in [0.15, 0.2) is 89.3 Å². The van der Waals surface area contributed by atoms with Crippen molar-refractivity contribution in [3.8, 4) is 22.7 Å². The van der Waals surface area contributed by atoms with Crippen LogP contribution >= 0.6 is 0 Å². The minimum atomic E-state index is -0.485. The second-order valence-corrected chi connectivity index (χ2v) is 7.07. The number of anilines is 1. The molecular weight excluding hydrogens is 408 g/mol. The highest BCUT2D eigenvalue weighted by Gasteiger charge is 2.19. The van der Waals surface area contributed by atoms with Gasteiger partial charge in [-0.2, -0.15) is 0 Å². The summed E-state index contributed by atoms with van der Waals surface area (Å²) in [7, 11) is 0. The molecule has 1 amide bonds. The maximum Gasteiger partial charge on any atom is 0.291 e. The number of para-hydroxylation sites is 3. The molecule has 5 aromatic rings.